The maximum Gasteiger partial charge on any atom is 0.316 e. The molecule has 0 saturated heterocycles. The van der Waals surface area contributed by atoms with Gasteiger partial charge in [-0.3, -0.25) is 0 Å². The van der Waals surface area contributed by atoms with Gasteiger partial charge in [-0.25, -0.2) is 14.4 Å². The second-order valence-electron chi connectivity index (χ2n) is 3.30. The zero-order chi connectivity index (χ0) is 9.80. The predicted octanol–water partition coefficient (Wildman–Crippen LogP) is 1.96. The number of rotatable bonds is 3. The quantitative estimate of drug-likeness (QED) is 0.690. The minimum absolute atomic E-state index is 0.248. The summed E-state index contributed by atoms with van der Waals surface area (Å²) in [6, 6.07) is 0.248. The molecule has 1 aliphatic carbocycles. The zero-order valence-electron chi connectivity index (χ0n) is 7.69. The van der Waals surface area contributed by atoms with Gasteiger partial charge >= 0.3 is 6.01 Å². The largest absolute Gasteiger partial charge is 0.463 e. The van der Waals surface area contributed by atoms with Gasteiger partial charge in [0, 0.05) is 0 Å². The van der Waals surface area contributed by atoms with Gasteiger partial charge in [-0.1, -0.05) is 12.2 Å². The number of halogens is 1. The molecule has 0 fully saturated rings. The second-order valence-corrected chi connectivity index (χ2v) is 3.30. The SMILES string of the molecule is Fc1cnc(OCC2CC=CC2)nc1. The van der Waals surface area contributed by atoms with Crippen molar-refractivity contribution < 1.29 is 9.13 Å². The molecule has 0 saturated carbocycles. The van der Waals surface area contributed by atoms with E-state index in [4.69, 9.17) is 4.74 Å². The third kappa shape index (κ3) is 2.28. The van der Waals surface area contributed by atoms with E-state index in [0.717, 1.165) is 25.2 Å². The highest BCUT2D eigenvalue weighted by molar-refractivity contribution is 4.98. The average molecular weight is 194 g/mol. The predicted molar refractivity (Wildman–Crippen MR) is 49.3 cm³/mol. The van der Waals surface area contributed by atoms with Crippen molar-refractivity contribution in [3.63, 3.8) is 0 Å². The highest BCUT2D eigenvalue weighted by Gasteiger charge is 2.11. The molecule has 1 heterocycles. The van der Waals surface area contributed by atoms with Crippen LogP contribution in [-0.4, -0.2) is 16.6 Å². The van der Waals surface area contributed by atoms with Crippen LogP contribution >= 0.6 is 0 Å². The summed E-state index contributed by atoms with van der Waals surface area (Å²) in [6.45, 7) is 0.596. The number of ether oxygens (including phenoxy) is 1. The number of nitrogens with zero attached hydrogens (tertiary/aromatic N) is 2. The molecule has 0 N–H and O–H groups in total. The summed E-state index contributed by atoms with van der Waals surface area (Å²) in [4.78, 5) is 7.42. The van der Waals surface area contributed by atoms with Gasteiger partial charge < -0.3 is 4.74 Å². The number of hydrogen-bond donors (Lipinski definition) is 0. The van der Waals surface area contributed by atoms with Crippen LogP contribution in [-0.2, 0) is 0 Å². The van der Waals surface area contributed by atoms with Crippen LogP contribution in [0.4, 0.5) is 4.39 Å². The molecule has 0 aromatic carbocycles. The third-order valence-corrected chi connectivity index (χ3v) is 2.15. The Balaban J connectivity index is 1.82. The van der Waals surface area contributed by atoms with Crippen molar-refractivity contribution in [2.24, 2.45) is 5.92 Å². The van der Waals surface area contributed by atoms with Crippen LogP contribution in [0.2, 0.25) is 0 Å². The molecule has 14 heavy (non-hydrogen) atoms. The molecule has 1 aliphatic rings. The zero-order valence-corrected chi connectivity index (χ0v) is 7.69. The lowest BCUT2D eigenvalue weighted by Gasteiger charge is -2.08. The van der Waals surface area contributed by atoms with Gasteiger partial charge in [0.2, 0.25) is 0 Å². The van der Waals surface area contributed by atoms with Crippen molar-refractivity contribution in [3.05, 3.63) is 30.4 Å². The van der Waals surface area contributed by atoms with E-state index in [1.807, 2.05) is 0 Å². The minimum atomic E-state index is -0.445. The first-order valence-electron chi connectivity index (χ1n) is 4.60. The Morgan fingerprint density at radius 3 is 2.57 bits per heavy atom. The fraction of sp³-hybridized carbons (Fsp3) is 0.400. The molecule has 0 radical (unpaired) electrons. The van der Waals surface area contributed by atoms with Gasteiger partial charge in [0.25, 0.3) is 0 Å². The van der Waals surface area contributed by atoms with Crippen molar-refractivity contribution in [1.82, 2.24) is 9.97 Å². The van der Waals surface area contributed by atoms with Crippen molar-refractivity contribution >= 4 is 0 Å². The summed E-state index contributed by atoms with van der Waals surface area (Å²) in [5.74, 6) is 0.0727. The fourth-order valence-corrected chi connectivity index (χ4v) is 1.38. The van der Waals surface area contributed by atoms with E-state index >= 15 is 0 Å². The molecular formula is C10H11FN2O. The van der Waals surface area contributed by atoms with Crippen molar-refractivity contribution in [1.29, 1.82) is 0 Å². The first-order valence-corrected chi connectivity index (χ1v) is 4.60. The van der Waals surface area contributed by atoms with E-state index in [1.54, 1.807) is 0 Å². The molecule has 0 spiro atoms. The average Bonchev–Trinajstić information content (AvgIpc) is 2.70. The number of aromatic nitrogens is 2. The second kappa shape index (κ2) is 4.17. The van der Waals surface area contributed by atoms with E-state index in [1.165, 1.54) is 0 Å². The van der Waals surface area contributed by atoms with Crippen LogP contribution in [0.25, 0.3) is 0 Å². The van der Waals surface area contributed by atoms with E-state index < -0.39 is 5.82 Å². The third-order valence-electron chi connectivity index (χ3n) is 2.15. The Hall–Kier alpha value is -1.45. The smallest absolute Gasteiger partial charge is 0.316 e. The van der Waals surface area contributed by atoms with Crippen LogP contribution in [0.1, 0.15) is 12.8 Å². The molecule has 0 amide bonds. The topological polar surface area (TPSA) is 35.0 Å². The van der Waals surface area contributed by atoms with Gasteiger partial charge in [-0.05, 0) is 18.8 Å². The molecule has 0 atom stereocenters. The molecule has 0 bridgehead atoms. The summed E-state index contributed by atoms with van der Waals surface area (Å²) in [7, 11) is 0. The van der Waals surface area contributed by atoms with Crippen LogP contribution < -0.4 is 4.74 Å². The minimum Gasteiger partial charge on any atom is -0.463 e. The summed E-state index contributed by atoms with van der Waals surface area (Å²) in [6.07, 6.45) is 8.58. The molecule has 0 unspecified atom stereocenters. The van der Waals surface area contributed by atoms with E-state index in [-0.39, 0.29) is 6.01 Å². The normalized spacial score (nSPS) is 16.1. The Kier molecular flexibility index (Phi) is 2.72. The van der Waals surface area contributed by atoms with Gasteiger partial charge in [0.05, 0.1) is 19.0 Å². The van der Waals surface area contributed by atoms with E-state index in [0.29, 0.717) is 12.5 Å². The molecule has 0 aliphatic heterocycles. The lowest BCUT2D eigenvalue weighted by atomic mass is 10.1. The molecule has 3 nitrogen and oxygen atoms in total. The monoisotopic (exact) mass is 194 g/mol. The van der Waals surface area contributed by atoms with Gasteiger partial charge in [0.15, 0.2) is 5.82 Å². The van der Waals surface area contributed by atoms with Crippen LogP contribution in [0.3, 0.4) is 0 Å². The maximum absolute atomic E-state index is 12.4. The van der Waals surface area contributed by atoms with Crippen LogP contribution in [0, 0.1) is 11.7 Å². The molecule has 1 aromatic heterocycles. The number of allylic oxidation sites excluding steroid dienone is 2. The lowest BCUT2D eigenvalue weighted by Crippen LogP contribution is -2.10. The van der Waals surface area contributed by atoms with Gasteiger partial charge in [0.1, 0.15) is 0 Å². The molecule has 1 aromatic rings. The molecule has 4 heteroatoms. The Bertz CT molecular complexity index is 315. The van der Waals surface area contributed by atoms with E-state index in [9.17, 15) is 4.39 Å². The van der Waals surface area contributed by atoms with Crippen molar-refractivity contribution in [2.45, 2.75) is 12.8 Å². The van der Waals surface area contributed by atoms with E-state index in [2.05, 4.69) is 22.1 Å². The molecular weight excluding hydrogens is 183 g/mol. The molecule has 74 valence electrons. The Labute approximate surface area is 81.6 Å². The van der Waals surface area contributed by atoms with Crippen LogP contribution in [0.15, 0.2) is 24.5 Å². The maximum atomic E-state index is 12.4. The van der Waals surface area contributed by atoms with Gasteiger partial charge in [-0.15, -0.1) is 0 Å². The fourth-order valence-electron chi connectivity index (χ4n) is 1.38. The van der Waals surface area contributed by atoms with Crippen molar-refractivity contribution in [3.8, 4) is 6.01 Å². The summed E-state index contributed by atoms with van der Waals surface area (Å²) in [5.41, 5.74) is 0. The highest BCUT2D eigenvalue weighted by Crippen LogP contribution is 2.18. The Morgan fingerprint density at radius 2 is 1.93 bits per heavy atom. The van der Waals surface area contributed by atoms with Crippen molar-refractivity contribution in [2.75, 3.05) is 6.61 Å². The summed E-state index contributed by atoms with van der Waals surface area (Å²) < 4.78 is 17.8. The van der Waals surface area contributed by atoms with Crippen LogP contribution in [0.5, 0.6) is 6.01 Å². The summed E-state index contributed by atoms with van der Waals surface area (Å²) in [5, 5.41) is 0. The number of hydrogen-bond acceptors (Lipinski definition) is 3. The van der Waals surface area contributed by atoms with Gasteiger partial charge in [-0.2, -0.15) is 0 Å². The lowest BCUT2D eigenvalue weighted by molar-refractivity contribution is 0.237. The first-order chi connectivity index (χ1) is 6.84. The Morgan fingerprint density at radius 1 is 1.29 bits per heavy atom. The standard InChI is InChI=1S/C10H11FN2O/c11-9-5-12-10(13-6-9)14-7-8-3-1-2-4-8/h1-2,5-6,8H,3-4,7H2. The highest BCUT2D eigenvalue weighted by atomic mass is 19.1. The summed E-state index contributed by atoms with van der Waals surface area (Å²) >= 11 is 0. The molecule has 2 rings (SSSR count). The first kappa shape index (κ1) is 9.12.